The molecule has 0 aliphatic carbocycles. The minimum atomic E-state index is -1.33. The van der Waals surface area contributed by atoms with Gasteiger partial charge in [-0.15, -0.1) is 0 Å². The van der Waals surface area contributed by atoms with Crippen LogP contribution < -0.4 is 9.47 Å². The van der Waals surface area contributed by atoms with E-state index in [1.165, 1.54) is 21.1 Å². The largest absolute Gasteiger partial charge is 0.478 e. The molecule has 1 aromatic heterocycles. The highest BCUT2D eigenvalue weighted by molar-refractivity contribution is 6.04. The van der Waals surface area contributed by atoms with Gasteiger partial charge in [0.15, 0.2) is 0 Å². The van der Waals surface area contributed by atoms with E-state index in [1.807, 2.05) is 0 Å². The Kier molecular flexibility index (Phi) is 3.57. The van der Waals surface area contributed by atoms with E-state index in [9.17, 15) is 20.0 Å². The summed E-state index contributed by atoms with van der Waals surface area (Å²) in [6.07, 6.45) is 0. The van der Waals surface area contributed by atoms with Crippen molar-refractivity contribution in [2.24, 2.45) is 0 Å². The van der Waals surface area contributed by atoms with Gasteiger partial charge in [-0.1, -0.05) is 0 Å². The Morgan fingerprint density at radius 2 is 1.86 bits per heavy atom. The van der Waals surface area contributed by atoms with E-state index in [2.05, 4.69) is 9.97 Å². The van der Waals surface area contributed by atoms with Crippen molar-refractivity contribution >= 4 is 22.7 Å². The topological polar surface area (TPSA) is 125 Å². The zero-order valence-electron chi connectivity index (χ0n) is 11.4. The molecule has 0 aliphatic rings. The Morgan fingerprint density at radius 1 is 1.29 bits per heavy atom. The zero-order valence-corrected chi connectivity index (χ0v) is 11.4. The van der Waals surface area contributed by atoms with Crippen molar-refractivity contribution in [1.82, 2.24) is 9.97 Å². The Morgan fingerprint density at radius 3 is 2.33 bits per heavy atom. The van der Waals surface area contributed by atoms with Crippen molar-refractivity contribution < 1.29 is 24.3 Å². The number of carbonyl (C=O) groups is 1. The SMILES string of the molecule is COc1nc2cc([N+](=O)[O-])c(C)c(C(=O)O)c2nc1OC. The quantitative estimate of drug-likeness (QED) is 0.665. The summed E-state index contributed by atoms with van der Waals surface area (Å²) in [6, 6.07) is 1.16. The van der Waals surface area contributed by atoms with Crippen molar-refractivity contribution in [2.45, 2.75) is 6.92 Å². The smallest absolute Gasteiger partial charge is 0.338 e. The van der Waals surface area contributed by atoms with E-state index in [0.717, 1.165) is 6.07 Å². The lowest BCUT2D eigenvalue weighted by Crippen LogP contribution is -2.07. The van der Waals surface area contributed by atoms with Gasteiger partial charge in [0, 0.05) is 11.6 Å². The number of fused-ring (bicyclic) bond motifs is 1. The fourth-order valence-corrected chi connectivity index (χ4v) is 1.96. The average Bonchev–Trinajstić information content (AvgIpc) is 2.44. The molecular weight excluding hydrogens is 282 g/mol. The van der Waals surface area contributed by atoms with E-state index in [-0.39, 0.29) is 39.6 Å². The van der Waals surface area contributed by atoms with Crippen LogP contribution in [0.25, 0.3) is 11.0 Å². The van der Waals surface area contributed by atoms with Crippen LogP contribution >= 0.6 is 0 Å². The Hall–Kier alpha value is -2.97. The zero-order chi connectivity index (χ0) is 15.7. The number of nitro groups is 1. The maximum Gasteiger partial charge on any atom is 0.338 e. The summed E-state index contributed by atoms with van der Waals surface area (Å²) in [4.78, 5) is 29.8. The summed E-state index contributed by atoms with van der Waals surface area (Å²) in [5.41, 5.74) is -0.582. The number of carboxylic acid groups (broad SMARTS) is 1. The first-order valence-corrected chi connectivity index (χ1v) is 5.71. The van der Waals surface area contributed by atoms with Gasteiger partial charge in [-0.25, -0.2) is 14.8 Å². The molecule has 2 aromatic rings. The molecule has 2 rings (SSSR count). The predicted octanol–water partition coefficient (Wildman–Crippen LogP) is 1.56. The second-order valence-corrected chi connectivity index (χ2v) is 4.07. The predicted molar refractivity (Wildman–Crippen MR) is 71.0 cm³/mol. The summed E-state index contributed by atoms with van der Waals surface area (Å²) in [5, 5.41) is 20.3. The first-order valence-electron chi connectivity index (χ1n) is 5.71. The monoisotopic (exact) mass is 293 g/mol. The van der Waals surface area contributed by atoms with Gasteiger partial charge in [-0.3, -0.25) is 10.1 Å². The lowest BCUT2D eigenvalue weighted by atomic mass is 10.0. The fraction of sp³-hybridized carbons (Fsp3) is 0.250. The van der Waals surface area contributed by atoms with E-state index < -0.39 is 10.9 Å². The van der Waals surface area contributed by atoms with Crippen molar-refractivity contribution in [3.05, 3.63) is 27.3 Å². The number of rotatable bonds is 4. The van der Waals surface area contributed by atoms with Crippen molar-refractivity contribution in [1.29, 1.82) is 0 Å². The number of hydrogen-bond acceptors (Lipinski definition) is 7. The van der Waals surface area contributed by atoms with Crippen LogP contribution in [0.15, 0.2) is 6.07 Å². The lowest BCUT2D eigenvalue weighted by molar-refractivity contribution is -0.385. The molecule has 0 aliphatic heterocycles. The number of aromatic carboxylic acids is 1. The molecule has 21 heavy (non-hydrogen) atoms. The second-order valence-electron chi connectivity index (χ2n) is 4.07. The molecule has 0 amide bonds. The van der Waals surface area contributed by atoms with Gasteiger partial charge in [0.1, 0.15) is 11.0 Å². The molecule has 1 heterocycles. The summed E-state index contributed by atoms with van der Waals surface area (Å²) >= 11 is 0. The maximum atomic E-state index is 11.4. The number of aromatic nitrogens is 2. The normalized spacial score (nSPS) is 10.4. The van der Waals surface area contributed by atoms with Crippen molar-refractivity contribution in [3.63, 3.8) is 0 Å². The van der Waals surface area contributed by atoms with Crippen LogP contribution in [0.3, 0.4) is 0 Å². The molecule has 110 valence electrons. The number of hydrogen-bond donors (Lipinski definition) is 1. The van der Waals surface area contributed by atoms with E-state index in [0.29, 0.717) is 0 Å². The Labute approximate surface area is 118 Å². The second kappa shape index (κ2) is 5.19. The highest BCUT2D eigenvalue weighted by Gasteiger charge is 2.25. The molecule has 0 unspecified atom stereocenters. The van der Waals surface area contributed by atoms with E-state index in [4.69, 9.17) is 9.47 Å². The first kappa shape index (κ1) is 14.4. The van der Waals surface area contributed by atoms with E-state index in [1.54, 1.807) is 0 Å². The number of nitro benzene ring substituents is 1. The molecule has 0 saturated carbocycles. The number of ether oxygens (including phenoxy) is 2. The van der Waals surface area contributed by atoms with Gasteiger partial charge < -0.3 is 14.6 Å². The van der Waals surface area contributed by atoms with Gasteiger partial charge in [-0.2, -0.15) is 0 Å². The maximum absolute atomic E-state index is 11.4. The minimum absolute atomic E-state index is 0.000697. The van der Waals surface area contributed by atoms with E-state index >= 15 is 0 Å². The molecule has 0 bridgehead atoms. The molecule has 0 fully saturated rings. The lowest BCUT2D eigenvalue weighted by Gasteiger charge is -2.10. The molecule has 0 saturated heterocycles. The third kappa shape index (κ3) is 2.29. The van der Waals surface area contributed by atoms with Crippen LogP contribution in [0, 0.1) is 17.0 Å². The molecule has 0 radical (unpaired) electrons. The summed E-state index contributed by atoms with van der Waals surface area (Å²) in [7, 11) is 2.66. The number of nitrogens with zero attached hydrogens (tertiary/aromatic N) is 3. The molecule has 9 nitrogen and oxygen atoms in total. The van der Waals surface area contributed by atoms with Gasteiger partial charge in [0.2, 0.25) is 0 Å². The van der Waals surface area contributed by atoms with Crippen LogP contribution in [-0.2, 0) is 0 Å². The Bertz CT molecular complexity index is 758. The molecule has 1 aromatic carbocycles. The van der Waals surface area contributed by atoms with Crippen molar-refractivity contribution in [3.8, 4) is 11.8 Å². The van der Waals surface area contributed by atoms with Gasteiger partial charge in [-0.05, 0) is 6.92 Å². The summed E-state index contributed by atoms with van der Waals surface area (Å²) < 4.78 is 9.93. The van der Waals surface area contributed by atoms with Gasteiger partial charge in [0.05, 0.1) is 24.7 Å². The first-order chi connectivity index (χ1) is 9.90. The molecule has 9 heteroatoms. The summed E-state index contributed by atoms with van der Waals surface area (Å²) in [5.74, 6) is -1.32. The molecule has 0 spiro atoms. The number of methoxy groups -OCH3 is 2. The molecule has 1 N–H and O–H groups in total. The third-order valence-electron chi connectivity index (χ3n) is 2.93. The number of benzene rings is 1. The summed E-state index contributed by atoms with van der Waals surface area (Å²) in [6.45, 7) is 1.35. The van der Waals surface area contributed by atoms with Crippen LogP contribution in [0.2, 0.25) is 0 Å². The van der Waals surface area contributed by atoms with Crippen LogP contribution in [-0.4, -0.2) is 40.2 Å². The highest BCUT2D eigenvalue weighted by Crippen LogP contribution is 2.32. The average molecular weight is 293 g/mol. The van der Waals surface area contributed by atoms with Crippen LogP contribution in [0.4, 0.5) is 5.69 Å². The highest BCUT2D eigenvalue weighted by atomic mass is 16.6. The standard InChI is InChI=1S/C12H11N3O6/c1-5-7(15(18)19)4-6-9(8(5)12(16)17)14-11(21-3)10(13-6)20-2/h4H,1-3H3,(H,16,17). The molecule has 0 atom stereocenters. The van der Waals surface area contributed by atoms with Crippen LogP contribution in [0.5, 0.6) is 11.8 Å². The fourth-order valence-electron chi connectivity index (χ4n) is 1.96. The van der Waals surface area contributed by atoms with Gasteiger partial charge in [0.25, 0.3) is 17.4 Å². The minimum Gasteiger partial charge on any atom is -0.478 e. The third-order valence-corrected chi connectivity index (χ3v) is 2.93. The Balaban J connectivity index is 2.96. The van der Waals surface area contributed by atoms with Crippen molar-refractivity contribution in [2.75, 3.05) is 14.2 Å². The molecular formula is C12H11N3O6. The van der Waals surface area contributed by atoms with Gasteiger partial charge >= 0.3 is 5.97 Å². The van der Waals surface area contributed by atoms with Crippen LogP contribution in [0.1, 0.15) is 15.9 Å². The number of carboxylic acids is 1.